The van der Waals surface area contributed by atoms with Gasteiger partial charge in [0.25, 0.3) is 0 Å². The van der Waals surface area contributed by atoms with Gasteiger partial charge < -0.3 is 5.32 Å². The van der Waals surface area contributed by atoms with Gasteiger partial charge in [-0.1, -0.05) is 18.5 Å². The normalized spacial score (nSPS) is 17.0. The number of anilines is 2. The maximum Gasteiger partial charge on any atom is 0.325 e. The van der Waals surface area contributed by atoms with Crippen LogP contribution in [0.2, 0.25) is 5.02 Å². The van der Waals surface area contributed by atoms with E-state index in [0.717, 1.165) is 31.0 Å². The number of hydrogen-bond donors (Lipinski definition) is 2. The number of carbonyl (C=O) groups excluding carboxylic acids is 1. The lowest BCUT2D eigenvalue weighted by Crippen LogP contribution is -2.20. The molecule has 3 rings (SSSR count). The van der Waals surface area contributed by atoms with Crippen LogP contribution in [0, 0.1) is 11.7 Å². The maximum absolute atomic E-state index is 13.6. The van der Waals surface area contributed by atoms with Crippen LogP contribution in [0.3, 0.4) is 0 Å². The summed E-state index contributed by atoms with van der Waals surface area (Å²) in [6, 6.07) is 3.58. The fourth-order valence-corrected chi connectivity index (χ4v) is 3.76. The number of hydrogen-bond acceptors (Lipinski definition) is 3. The van der Waals surface area contributed by atoms with Gasteiger partial charge in [-0.2, -0.15) is 0 Å². The zero-order chi connectivity index (χ0) is 15.7. The van der Waals surface area contributed by atoms with E-state index in [9.17, 15) is 9.18 Å². The molecule has 1 aromatic carbocycles. The van der Waals surface area contributed by atoms with Crippen LogP contribution in [0.5, 0.6) is 0 Å². The molecular formula is C15H15ClFN3OS. The molecule has 2 amide bonds. The molecule has 0 spiro atoms. The van der Waals surface area contributed by atoms with E-state index in [0.29, 0.717) is 11.0 Å². The van der Waals surface area contributed by atoms with Crippen LogP contribution in [-0.4, -0.2) is 11.0 Å². The highest BCUT2D eigenvalue weighted by Crippen LogP contribution is 2.32. The number of halogens is 2. The molecule has 0 fully saturated rings. The van der Waals surface area contributed by atoms with Gasteiger partial charge in [0.15, 0.2) is 5.13 Å². The number of nitrogens with one attached hydrogen (secondary N) is 2. The fourth-order valence-electron chi connectivity index (χ4n) is 2.43. The summed E-state index contributed by atoms with van der Waals surface area (Å²) in [5, 5.41) is 5.95. The van der Waals surface area contributed by atoms with Crippen LogP contribution in [0.15, 0.2) is 18.2 Å². The molecule has 0 bridgehead atoms. The zero-order valence-corrected chi connectivity index (χ0v) is 13.5. The van der Waals surface area contributed by atoms with E-state index in [-0.39, 0.29) is 10.7 Å². The van der Waals surface area contributed by atoms with Crippen molar-refractivity contribution in [1.82, 2.24) is 4.98 Å². The molecule has 4 nitrogen and oxygen atoms in total. The van der Waals surface area contributed by atoms with Crippen LogP contribution >= 0.6 is 22.9 Å². The lowest BCUT2D eigenvalue weighted by atomic mass is 9.93. The number of nitrogens with zero attached hydrogens (tertiary/aromatic N) is 1. The fraction of sp³-hybridized carbons (Fsp3) is 0.333. The van der Waals surface area contributed by atoms with Gasteiger partial charge in [-0.3, -0.25) is 5.32 Å². The molecular weight excluding hydrogens is 325 g/mol. The largest absolute Gasteiger partial charge is 0.325 e. The minimum Gasteiger partial charge on any atom is -0.305 e. The number of rotatable bonds is 2. The molecule has 22 heavy (non-hydrogen) atoms. The summed E-state index contributed by atoms with van der Waals surface area (Å²) in [6.07, 6.45) is 3.07. The average molecular weight is 340 g/mol. The van der Waals surface area contributed by atoms with Crippen molar-refractivity contribution in [2.24, 2.45) is 5.92 Å². The van der Waals surface area contributed by atoms with Gasteiger partial charge in [0, 0.05) is 9.90 Å². The first-order valence-electron chi connectivity index (χ1n) is 7.03. The Bertz CT molecular complexity index is 719. The quantitative estimate of drug-likeness (QED) is 0.832. The summed E-state index contributed by atoms with van der Waals surface area (Å²) < 4.78 is 13.6. The first-order valence-corrected chi connectivity index (χ1v) is 8.22. The molecule has 0 radical (unpaired) electrons. The van der Waals surface area contributed by atoms with Gasteiger partial charge in [0.05, 0.1) is 11.4 Å². The van der Waals surface area contributed by atoms with Crippen molar-refractivity contribution in [3.8, 4) is 0 Å². The molecule has 1 aliphatic rings. The van der Waals surface area contributed by atoms with E-state index in [1.165, 1.54) is 28.3 Å². The lowest BCUT2D eigenvalue weighted by Gasteiger charge is -2.15. The van der Waals surface area contributed by atoms with Crippen molar-refractivity contribution in [3.05, 3.63) is 39.6 Å². The Labute approximate surface area is 136 Å². The first kappa shape index (κ1) is 15.2. The first-order chi connectivity index (χ1) is 10.5. The molecule has 1 aromatic heterocycles. The van der Waals surface area contributed by atoms with Crippen molar-refractivity contribution in [1.29, 1.82) is 0 Å². The second-order valence-corrected chi connectivity index (χ2v) is 6.96. The minimum absolute atomic E-state index is 0.0804. The van der Waals surface area contributed by atoms with Crippen LogP contribution in [0.25, 0.3) is 0 Å². The Hall–Kier alpha value is -1.66. The summed E-state index contributed by atoms with van der Waals surface area (Å²) in [5.41, 5.74) is 1.15. The molecule has 1 heterocycles. The summed E-state index contributed by atoms with van der Waals surface area (Å²) in [5.74, 6) is 0.0766. The maximum atomic E-state index is 13.6. The Kier molecular flexibility index (Phi) is 4.31. The Morgan fingerprint density at radius 3 is 3.05 bits per heavy atom. The second-order valence-electron chi connectivity index (χ2n) is 5.44. The third-order valence-corrected chi connectivity index (χ3v) is 4.86. The highest BCUT2D eigenvalue weighted by Gasteiger charge is 2.20. The monoisotopic (exact) mass is 339 g/mol. The summed E-state index contributed by atoms with van der Waals surface area (Å²) in [7, 11) is 0. The highest BCUT2D eigenvalue weighted by atomic mass is 35.5. The molecule has 2 N–H and O–H groups in total. The smallest absolute Gasteiger partial charge is 0.305 e. The zero-order valence-electron chi connectivity index (χ0n) is 12.0. The number of aromatic nitrogens is 1. The van der Waals surface area contributed by atoms with Gasteiger partial charge >= 0.3 is 6.03 Å². The molecule has 1 atom stereocenters. The summed E-state index contributed by atoms with van der Waals surface area (Å²) >= 11 is 7.16. The minimum atomic E-state index is -0.574. The Morgan fingerprint density at radius 1 is 1.45 bits per heavy atom. The van der Waals surface area contributed by atoms with E-state index >= 15 is 0 Å². The van der Waals surface area contributed by atoms with Gasteiger partial charge in [0.1, 0.15) is 5.82 Å². The second kappa shape index (κ2) is 6.22. The average Bonchev–Trinajstić information content (AvgIpc) is 2.83. The predicted molar refractivity (Wildman–Crippen MR) is 87.4 cm³/mol. The number of aryl methyl sites for hydroxylation is 1. The molecule has 1 aliphatic carbocycles. The number of urea groups is 1. The van der Waals surface area contributed by atoms with E-state index in [4.69, 9.17) is 11.6 Å². The topological polar surface area (TPSA) is 54.0 Å². The van der Waals surface area contributed by atoms with E-state index in [1.54, 1.807) is 0 Å². The van der Waals surface area contributed by atoms with Gasteiger partial charge in [-0.05, 0) is 43.4 Å². The standard InChI is InChI=1S/C15H15ClFN3OS/c1-8-2-4-12-13(6-8)22-15(19-12)20-14(21)18-11-5-3-9(16)7-10(11)17/h3,5,7-8H,2,4,6H2,1H3,(H2,18,19,20,21)/t8-/m1/s1. The number of benzene rings is 1. The van der Waals surface area contributed by atoms with Crippen molar-refractivity contribution in [3.63, 3.8) is 0 Å². The molecule has 2 aromatic rings. The van der Waals surface area contributed by atoms with Crippen molar-refractivity contribution in [2.75, 3.05) is 10.6 Å². The van der Waals surface area contributed by atoms with Gasteiger partial charge in [-0.15, -0.1) is 11.3 Å². The van der Waals surface area contributed by atoms with E-state index < -0.39 is 11.8 Å². The van der Waals surface area contributed by atoms with Crippen LogP contribution in [0.4, 0.5) is 20.0 Å². The number of amides is 2. The van der Waals surface area contributed by atoms with Gasteiger partial charge in [0.2, 0.25) is 0 Å². The molecule has 7 heteroatoms. The molecule has 116 valence electrons. The van der Waals surface area contributed by atoms with Crippen LogP contribution in [0.1, 0.15) is 23.9 Å². The van der Waals surface area contributed by atoms with Crippen molar-refractivity contribution >= 4 is 39.8 Å². The van der Waals surface area contributed by atoms with Crippen LogP contribution in [-0.2, 0) is 12.8 Å². The Balaban J connectivity index is 1.67. The number of thiazole rings is 1. The lowest BCUT2D eigenvalue weighted by molar-refractivity contribution is 0.262. The molecule has 0 aliphatic heterocycles. The number of fused-ring (bicyclic) bond motifs is 1. The Morgan fingerprint density at radius 2 is 2.27 bits per heavy atom. The molecule has 0 saturated carbocycles. The van der Waals surface area contributed by atoms with E-state index in [1.807, 2.05) is 0 Å². The van der Waals surface area contributed by atoms with Crippen molar-refractivity contribution in [2.45, 2.75) is 26.2 Å². The van der Waals surface area contributed by atoms with Crippen LogP contribution < -0.4 is 10.6 Å². The molecule has 0 saturated heterocycles. The third kappa shape index (κ3) is 3.39. The third-order valence-electron chi connectivity index (χ3n) is 3.59. The summed E-state index contributed by atoms with van der Waals surface area (Å²) in [6.45, 7) is 2.21. The van der Waals surface area contributed by atoms with Crippen molar-refractivity contribution < 1.29 is 9.18 Å². The number of carbonyl (C=O) groups is 1. The van der Waals surface area contributed by atoms with Gasteiger partial charge in [-0.25, -0.2) is 14.2 Å². The highest BCUT2D eigenvalue weighted by molar-refractivity contribution is 7.15. The summed E-state index contributed by atoms with van der Waals surface area (Å²) in [4.78, 5) is 17.6. The molecule has 0 unspecified atom stereocenters. The predicted octanol–water partition coefficient (Wildman–Crippen LogP) is 4.70. The SMILES string of the molecule is C[C@@H]1CCc2nc(NC(=O)Nc3ccc(Cl)cc3F)sc2C1. The van der Waals surface area contributed by atoms with E-state index in [2.05, 4.69) is 22.5 Å².